The van der Waals surface area contributed by atoms with E-state index in [9.17, 15) is 9.59 Å². The molecule has 0 heterocycles. The monoisotopic (exact) mass is 707 g/mol. The van der Waals surface area contributed by atoms with Crippen molar-refractivity contribution in [2.75, 3.05) is 53.6 Å². The summed E-state index contributed by atoms with van der Waals surface area (Å²) in [6.07, 6.45) is 2.14. The smallest absolute Gasteiger partial charge is 0.237 e. The third kappa shape index (κ3) is 29.6. The Morgan fingerprint density at radius 3 is 1.45 bits per heavy atom. The van der Waals surface area contributed by atoms with E-state index < -0.39 is 0 Å². The van der Waals surface area contributed by atoms with Crippen molar-refractivity contribution in [3.8, 4) is 0 Å². The van der Waals surface area contributed by atoms with E-state index in [1.54, 1.807) is 4.90 Å². The van der Waals surface area contributed by atoms with Gasteiger partial charge in [0.05, 0.1) is 10.7 Å². The Hall–Kier alpha value is -1.41. The van der Waals surface area contributed by atoms with Crippen molar-refractivity contribution in [1.29, 1.82) is 0 Å². The summed E-state index contributed by atoms with van der Waals surface area (Å²) in [6, 6.07) is 20.0. The van der Waals surface area contributed by atoms with Gasteiger partial charge in [-0.3, -0.25) is 9.59 Å². The molecule has 5 nitrogen and oxygen atoms in total. The van der Waals surface area contributed by atoms with Crippen molar-refractivity contribution < 1.29 is 9.59 Å². The predicted molar refractivity (Wildman–Crippen MR) is 189 cm³/mol. The van der Waals surface area contributed by atoms with E-state index in [4.69, 9.17) is 11.6 Å². The van der Waals surface area contributed by atoms with Gasteiger partial charge in [-0.1, -0.05) is 131 Å². The molecule has 40 heavy (non-hydrogen) atoms. The molecule has 2 rings (SSSR count). The lowest BCUT2D eigenvalue weighted by Gasteiger charge is -2.21. The number of halogens is 3. The van der Waals surface area contributed by atoms with Crippen LogP contribution < -0.4 is 10.2 Å². The van der Waals surface area contributed by atoms with Crippen molar-refractivity contribution in [2.24, 2.45) is 0 Å². The molecule has 0 atom stereocenters. The Labute approximate surface area is 268 Å². The topological polar surface area (TPSA) is 52.7 Å². The zero-order valence-electron chi connectivity index (χ0n) is 26.5. The molecule has 8 heteroatoms. The fraction of sp³-hybridized carbons (Fsp3) is 0.562. The molecule has 1 amide bonds. The summed E-state index contributed by atoms with van der Waals surface area (Å²) in [7, 11) is 0. The summed E-state index contributed by atoms with van der Waals surface area (Å²) in [5, 5.41) is 3.56. The molecule has 0 spiro atoms. The predicted octanol–water partition coefficient (Wildman–Crippen LogP) is 9.88. The Balaban J connectivity index is -0.000000220. The quantitative estimate of drug-likeness (QED) is 0.187. The first-order valence-corrected chi connectivity index (χ1v) is 17.1. The lowest BCUT2D eigenvalue weighted by Crippen LogP contribution is -2.32. The highest BCUT2D eigenvalue weighted by Crippen LogP contribution is 2.14. The number of benzene rings is 2. The molecule has 2 aromatic rings. The molecule has 0 aliphatic carbocycles. The summed E-state index contributed by atoms with van der Waals surface area (Å²) in [5.41, 5.74) is 2.18. The van der Waals surface area contributed by atoms with E-state index in [0.29, 0.717) is 5.33 Å². The zero-order chi connectivity index (χ0) is 31.6. The van der Waals surface area contributed by atoms with Crippen molar-refractivity contribution in [2.45, 2.75) is 75.2 Å². The fourth-order valence-corrected chi connectivity index (χ4v) is 3.10. The number of carbonyl (C=O) groups is 2. The third-order valence-electron chi connectivity index (χ3n) is 4.73. The Kier molecular flexibility index (Phi) is 42.8. The molecule has 2 aromatic carbocycles. The number of hydrogen-bond donors (Lipinski definition) is 1. The van der Waals surface area contributed by atoms with Crippen LogP contribution in [0.15, 0.2) is 60.7 Å². The highest BCUT2D eigenvalue weighted by Gasteiger charge is 2.12. The van der Waals surface area contributed by atoms with Gasteiger partial charge in [-0.05, 0) is 68.3 Å². The van der Waals surface area contributed by atoms with Gasteiger partial charge in [0.25, 0.3) is 0 Å². The van der Waals surface area contributed by atoms with Crippen LogP contribution in [-0.2, 0) is 9.59 Å². The van der Waals surface area contributed by atoms with Crippen LogP contribution in [0.1, 0.15) is 75.2 Å². The highest BCUT2D eigenvalue weighted by molar-refractivity contribution is 9.09. The molecular formula is C32H56Br2ClN3O2. The molecular weight excluding hydrogens is 654 g/mol. The Morgan fingerprint density at radius 1 is 0.725 bits per heavy atom. The zero-order valence-corrected chi connectivity index (χ0v) is 30.4. The minimum atomic E-state index is -0.356. The van der Waals surface area contributed by atoms with E-state index in [1.165, 1.54) is 31.7 Å². The van der Waals surface area contributed by atoms with Crippen molar-refractivity contribution >= 4 is 66.0 Å². The number of nitrogens with zero attached hydrogens (tertiary/aromatic N) is 2. The third-order valence-corrected chi connectivity index (χ3v) is 6.18. The molecule has 0 aliphatic rings. The average Bonchev–Trinajstić information content (AvgIpc) is 3.03. The van der Waals surface area contributed by atoms with Crippen LogP contribution in [0, 0.1) is 0 Å². The molecule has 0 bridgehead atoms. The van der Waals surface area contributed by atoms with Crippen LogP contribution in [0.25, 0.3) is 0 Å². The SMILES string of the molecule is CC.CC.CCCN(C(=O)CBr)c1ccccc1.CCCNc1ccccc1.CCN(CC)CC.O=C(Cl)CBr. The molecule has 1 N–H and O–H groups in total. The summed E-state index contributed by atoms with van der Waals surface area (Å²) in [6.45, 7) is 24.2. The van der Waals surface area contributed by atoms with Crippen molar-refractivity contribution in [3.63, 3.8) is 0 Å². The van der Waals surface area contributed by atoms with Crippen LogP contribution >= 0.6 is 43.5 Å². The number of anilines is 2. The van der Waals surface area contributed by atoms with Gasteiger partial charge >= 0.3 is 0 Å². The lowest BCUT2D eigenvalue weighted by atomic mass is 10.2. The molecule has 0 fully saturated rings. The van der Waals surface area contributed by atoms with Crippen LogP contribution in [0.2, 0.25) is 0 Å². The number of amides is 1. The van der Waals surface area contributed by atoms with E-state index in [1.807, 2.05) is 76.2 Å². The van der Waals surface area contributed by atoms with Gasteiger partial charge in [-0.25, -0.2) is 0 Å². The number of alkyl halides is 2. The number of hydrogen-bond acceptors (Lipinski definition) is 4. The second kappa shape index (κ2) is 37.6. The Bertz CT molecular complexity index is 760. The molecule has 0 saturated heterocycles. The van der Waals surface area contributed by atoms with Crippen molar-refractivity contribution in [3.05, 3.63) is 60.7 Å². The summed E-state index contributed by atoms with van der Waals surface area (Å²) in [4.78, 5) is 25.3. The van der Waals surface area contributed by atoms with Gasteiger partial charge in [0.15, 0.2) is 0 Å². The normalized spacial score (nSPS) is 8.82. The summed E-state index contributed by atoms with van der Waals surface area (Å²) >= 11 is 10.8. The minimum Gasteiger partial charge on any atom is -0.385 e. The van der Waals surface area contributed by atoms with E-state index in [-0.39, 0.29) is 16.5 Å². The highest BCUT2D eigenvalue weighted by atomic mass is 79.9. The van der Waals surface area contributed by atoms with Crippen molar-refractivity contribution in [1.82, 2.24) is 4.90 Å². The number of carbonyl (C=O) groups excluding carboxylic acids is 2. The van der Waals surface area contributed by atoms with E-state index in [0.717, 1.165) is 25.2 Å². The van der Waals surface area contributed by atoms with Crippen LogP contribution in [0.4, 0.5) is 11.4 Å². The number of rotatable bonds is 11. The van der Waals surface area contributed by atoms with Gasteiger partial charge in [0.1, 0.15) is 0 Å². The first kappa shape index (κ1) is 45.6. The maximum absolute atomic E-state index is 11.6. The fourth-order valence-electron chi connectivity index (χ4n) is 2.80. The maximum Gasteiger partial charge on any atom is 0.237 e. The minimum absolute atomic E-state index is 0.109. The molecule has 0 radical (unpaired) electrons. The second-order valence-corrected chi connectivity index (χ2v) is 8.96. The molecule has 232 valence electrons. The van der Waals surface area contributed by atoms with Gasteiger partial charge in [-0.15, -0.1) is 0 Å². The van der Waals surface area contributed by atoms with E-state index >= 15 is 0 Å². The van der Waals surface area contributed by atoms with E-state index in [2.05, 4.69) is 88.8 Å². The summed E-state index contributed by atoms with van der Waals surface area (Å²) in [5.74, 6) is 0.109. The molecule has 0 aromatic heterocycles. The number of para-hydroxylation sites is 2. The average molecular weight is 710 g/mol. The van der Waals surface area contributed by atoms with Crippen LogP contribution in [0.5, 0.6) is 0 Å². The van der Waals surface area contributed by atoms with Crippen LogP contribution in [-0.4, -0.2) is 59.4 Å². The lowest BCUT2D eigenvalue weighted by molar-refractivity contribution is -0.116. The second-order valence-electron chi connectivity index (χ2n) is 7.42. The first-order chi connectivity index (χ1) is 19.3. The first-order valence-electron chi connectivity index (χ1n) is 14.5. The van der Waals surface area contributed by atoms with Gasteiger partial charge in [0.2, 0.25) is 11.1 Å². The van der Waals surface area contributed by atoms with Gasteiger partial charge < -0.3 is 15.1 Å². The molecule has 0 saturated carbocycles. The maximum atomic E-state index is 11.6. The van der Waals surface area contributed by atoms with Gasteiger partial charge in [-0.2, -0.15) is 0 Å². The largest absolute Gasteiger partial charge is 0.385 e. The Morgan fingerprint density at radius 2 is 1.15 bits per heavy atom. The van der Waals surface area contributed by atoms with Gasteiger partial charge in [0, 0.05) is 24.5 Å². The van der Waals surface area contributed by atoms with Crippen LogP contribution in [0.3, 0.4) is 0 Å². The summed E-state index contributed by atoms with van der Waals surface area (Å²) < 4.78 is 0. The standard InChI is InChI=1S/C11H14BrNO.C9H13N.C6H15N.C2H2BrClO.2C2H6/c1-2-8-13(11(14)9-12)10-6-4-3-5-7-10;1-2-8-10-9-6-4-3-5-7-9;1-4-7(5-2)6-3;3-1-2(4)5;2*1-2/h3-7H,2,8-9H2,1H3;3-7,10H,2,8H2,1H3;4-6H2,1-3H3;1H2;2*1-2H3. The number of nitrogens with one attached hydrogen (secondary N) is 1. The molecule has 0 unspecified atom stereocenters. The molecule has 0 aliphatic heterocycles.